The van der Waals surface area contributed by atoms with Crippen molar-refractivity contribution in [2.45, 2.75) is 58.5 Å². The third-order valence-corrected chi connectivity index (χ3v) is 5.08. The Kier molecular flexibility index (Phi) is 5.19. The summed E-state index contributed by atoms with van der Waals surface area (Å²) in [6, 6.07) is 6.57. The molecular formula is C19H28N4O. The average molecular weight is 328 g/mol. The number of nitrogens with zero attached hydrogens (tertiary/aromatic N) is 3. The normalized spacial score (nSPS) is 15.5. The number of rotatable bonds is 6. The molecule has 24 heavy (non-hydrogen) atoms. The standard InChI is InChI=1S/C19H28N4O/c1-4-18-21-16-12-14(10-11-17(16)23(18)5-2)20-19(24)13-22(3)15-8-6-7-9-15/h10-12,15H,4-9,13H2,1-3H3,(H,20,24). The summed E-state index contributed by atoms with van der Waals surface area (Å²) < 4.78 is 2.23. The predicted molar refractivity (Wildman–Crippen MR) is 98.3 cm³/mol. The first-order chi connectivity index (χ1) is 11.6. The van der Waals surface area contributed by atoms with E-state index in [1.54, 1.807) is 0 Å². The highest BCUT2D eigenvalue weighted by molar-refractivity contribution is 5.94. The average Bonchev–Trinajstić information content (AvgIpc) is 3.21. The van der Waals surface area contributed by atoms with Gasteiger partial charge in [0.25, 0.3) is 0 Å². The van der Waals surface area contributed by atoms with Crippen LogP contribution in [-0.2, 0) is 17.8 Å². The largest absolute Gasteiger partial charge is 0.328 e. The minimum absolute atomic E-state index is 0.0504. The number of hydrogen-bond acceptors (Lipinski definition) is 3. The minimum Gasteiger partial charge on any atom is -0.328 e. The highest BCUT2D eigenvalue weighted by Crippen LogP contribution is 2.23. The van der Waals surface area contributed by atoms with Gasteiger partial charge in [-0.2, -0.15) is 0 Å². The van der Waals surface area contributed by atoms with Crippen LogP contribution in [0.4, 0.5) is 5.69 Å². The zero-order valence-electron chi connectivity index (χ0n) is 15.0. The topological polar surface area (TPSA) is 50.2 Å². The molecule has 5 heteroatoms. The Balaban J connectivity index is 1.69. The lowest BCUT2D eigenvalue weighted by molar-refractivity contribution is -0.117. The summed E-state index contributed by atoms with van der Waals surface area (Å²) in [6.45, 7) is 5.62. The molecule has 0 spiro atoms. The molecule has 0 unspecified atom stereocenters. The molecule has 1 aromatic carbocycles. The second-order valence-electron chi connectivity index (χ2n) is 6.73. The number of amides is 1. The quantitative estimate of drug-likeness (QED) is 0.884. The van der Waals surface area contributed by atoms with Crippen molar-refractivity contribution in [3.63, 3.8) is 0 Å². The van der Waals surface area contributed by atoms with Crippen LogP contribution in [0.2, 0.25) is 0 Å². The van der Waals surface area contributed by atoms with Gasteiger partial charge in [-0.15, -0.1) is 0 Å². The molecule has 130 valence electrons. The maximum absolute atomic E-state index is 12.3. The fraction of sp³-hybridized carbons (Fsp3) is 0.579. The lowest BCUT2D eigenvalue weighted by Gasteiger charge is -2.23. The molecule has 1 heterocycles. The van der Waals surface area contributed by atoms with Crippen LogP contribution in [0.5, 0.6) is 0 Å². The molecule has 1 N–H and O–H groups in total. The van der Waals surface area contributed by atoms with Crippen LogP contribution in [0.25, 0.3) is 11.0 Å². The Morgan fingerprint density at radius 1 is 1.33 bits per heavy atom. The Hall–Kier alpha value is -1.88. The number of aromatic nitrogens is 2. The smallest absolute Gasteiger partial charge is 0.238 e. The number of anilines is 1. The minimum atomic E-state index is 0.0504. The molecule has 1 aromatic heterocycles. The van der Waals surface area contributed by atoms with E-state index in [9.17, 15) is 4.79 Å². The van der Waals surface area contributed by atoms with Crippen LogP contribution < -0.4 is 5.32 Å². The van der Waals surface area contributed by atoms with Gasteiger partial charge in [0.2, 0.25) is 5.91 Å². The van der Waals surface area contributed by atoms with Gasteiger partial charge in [-0.25, -0.2) is 4.98 Å². The van der Waals surface area contributed by atoms with E-state index in [-0.39, 0.29) is 5.91 Å². The van der Waals surface area contributed by atoms with Crippen LogP contribution >= 0.6 is 0 Å². The molecule has 0 radical (unpaired) electrons. The van der Waals surface area contributed by atoms with Crippen LogP contribution in [0, 0.1) is 0 Å². The van der Waals surface area contributed by atoms with Gasteiger partial charge >= 0.3 is 0 Å². The van der Waals surface area contributed by atoms with E-state index in [4.69, 9.17) is 4.98 Å². The summed E-state index contributed by atoms with van der Waals surface area (Å²) >= 11 is 0. The van der Waals surface area contributed by atoms with Gasteiger partial charge in [0.1, 0.15) is 5.82 Å². The summed E-state index contributed by atoms with van der Waals surface area (Å²) in [5.41, 5.74) is 2.92. The highest BCUT2D eigenvalue weighted by atomic mass is 16.2. The number of benzene rings is 1. The SMILES string of the molecule is CCc1nc2cc(NC(=O)CN(C)C3CCCC3)ccc2n1CC. The number of hydrogen-bond donors (Lipinski definition) is 1. The second kappa shape index (κ2) is 7.34. The van der Waals surface area contributed by atoms with Crippen LogP contribution in [0.15, 0.2) is 18.2 Å². The number of fused-ring (bicyclic) bond motifs is 1. The van der Waals surface area contributed by atoms with Gasteiger partial charge in [-0.3, -0.25) is 9.69 Å². The second-order valence-corrected chi connectivity index (χ2v) is 6.73. The number of imidazole rings is 1. The number of carbonyl (C=O) groups excluding carboxylic acids is 1. The number of likely N-dealkylation sites (N-methyl/N-ethyl adjacent to an activating group) is 1. The third kappa shape index (κ3) is 3.46. The van der Waals surface area contributed by atoms with Crippen molar-refractivity contribution in [2.24, 2.45) is 0 Å². The first-order valence-corrected chi connectivity index (χ1v) is 9.11. The molecule has 0 bridgehead atoms. The van der Waals surface area contributed by atoms with Gasteiger partial charge < -0.3 is 9.88 Å². The summed E-state index contributed by atoms with van der Waals surface area (Å²) in [5, 5.41) is 3.02. The van der Waals surface area contributed by atoms with Crippen molar-refractivity contribution >= 4 is 22.6 Å². The van der Waals surface area contributed by atoms with Crippen molar-refractivity contribution in [2.75, 3.05) is 18.9 Å². The lowest BCUT2D eigenvalue weighted by Crippen LogP contribution is -2.36. The zero-order chi connectivity index (χ0) is 17.1. The van der Waals surface area contributed by atoms with Crippen molar-refractivity contribution in [3.8, 4) is 0 Å². The molecule has 1 saturated carbocycles. The van der Waals surface area contributed by atoms with E-state index in [1.165, 1.54) is 25.7 Å². The fourth-order valence-electron chi connectivity index (χ4n) is 3.78. The fourth-order valence-corrected chi connectivity index (χ4v) is 3.78. The molecule has 1 aliphatic carbocycles. The molecule has 3 rings (SSSR count). The van der Waals surface area contributed by atoms with E-state index in [2.05, 4.69) is 41.7 Å². The third-order valence-electron chi connectivity index (χ3n) is 5.08. The molecule has 2 aromatic rings. The van der Waals surface area contributed by atoms with Crippen molar-refractivity contribution < 1.29 is 4.79 Å². The van der Waals surface area contributed by atoms with E-state index in [0.29, 0.717) is 12.6 Å². The first kappa shape index (κ1) is 17.0. The van der Waals surface area contributed by atoms with E-state index in [0.717, 1.165) is 35.5 Å². The number of nitrogens with one attached hydrogen (secondary N) is 1. The zero-order valence-corrected chi connectivity index (χ0v) is 15.0. The number of carbonyl (C=O) groups is 1. The molecule has 0 aliphatic heterocycles. The number of aryl methyl sites for hydroxylation is 2. The van der Waals surface area contributed by atoms with E-state index >= 15 is 0 Å². The monoisotopic (exact) mass is 328 g/mol. The van der Waals surface area contributed by atoms with Crippen LogP contribution in [-0.4, -0.2) is 40.0 Å². The first-order valence-electron chi connectivity index (χ1n) is 9.11. The Labute approximate surface area is 144 Å². The summed E-state index contributed by atoms with van der Waals surface area (Å²) in [6.07, 6.45) is 5.91. The summed E-state index contributed by atoms with van der Waals surface area (Å²) in [5.74, 6) is 1.14. The maximum Gasteiger partial charge on any atom is 0.238 e. The van der Waals surface area contributed by atoms with Crippen molar-refractivity contribution in [3.05, 3.63) is 24.0 Å². The van der Waals surface area contributed by atoms with Gasteiger partial charge in [0.15, 0.2) is 0 Å². The molecule has 0 saturated heterocycles. The van der Waals surface area contributed by atoms with Gasteiger partial charge in [0, 0.05) is 24.7 Å². The van der Waals surface area contributed by atoms with Gasteiger partial charge in [-0.05, 0) is 45.0 Å². The Morgan fingerprint density at radius 2 is 2.08 bits per heavy atom. The molecule has 1 fully saturated rings. The van der Waals surface area contributed by atoms with Gasteiger partial charge in [0.05, 0.1) is 17.6 Å². The van der Waals surface area contributed by atoms with Gasteiger partial charge in [-0.1, -0.05) is 19.8 Å². The van der Waals surface area contributed by atoms with Crippen LogP contribution in [0.1, 0.15) is 45.4 Å². The molecule has 1 aliphatic rings. The van der Waals surface area contributed by atoms with Crippen molar-refractivity contribution in [1.29, 1.82) is 0 Å². The lowest BCUT2D eigenvalue weighted by atomic mass is 10.2. The molecule has 0 atom stereocenters. The Bertz CT molecular complexity index is 715. The maximum atomic E-state index is 12.3. The van der Waals surface area contributed by atoms with Crippen LogP contribution in [0.3, 0.4) is 0 Å². The van der Waals surface area contributed by atoms with Crippen molar-refractivity contribution in [1.82, 2.24) is 14.5 Å². The Morgan fingerprint density at radius 3 is 2.75 bits per heavy atom. The van der Waals surface area contributed by atoms with E-state index < -0.39 is 0 Å². The van der Waals surface area contributed by atoms with E-state index in [1.807, 2.05) is 12.1 Å². The highest BCUT2D eigenvalue weighted by Gasteiger charge is 2.21. The molecule has 5 nitrogen and oxygen atoms in total. The predicted octanol–water partition coefficient (Wildman–Crippen LogP) is 3.43. The summed E-state index contributed by atoms with van der Waals surface area (Å²) in [4.78, 5) is 19.2. The summed E-state index contributed by atoms with van der Waals surface area (Å²) in [7, 11) is 2.05. The molecular weight excluding hydrogens is 300 g/mol. The molecule has 1 amide bonds.